The molecule has 1 heterocycles. The average Bonchev–Trinajstić information content (AvgIpc) is 2.77. The van der Waals surface area contributed by atoms with E-state index in [0.717, 1.165) is 12.1 Å². The normalized spacial score (nSPS) is 23.1. The number of benzene rings is 1. The van der Waals surface area contributed by atoms with Crippen molar-refractivity contribution in [3.8, 4) is 29.7 Å². The van der Waals surface area contributed by atoms with Gasteiger partial charge in [-0.3, -0.25) is 4.90 Å². The van der Waals surface area contributed by atoms with Crippen LogP contribution in [0.5, 0.6) is 11.5 Å². The van der Waals surface area contributed by atoms with E-state index in [1.807, 2.05) is 12.1 Å². The number of ether oxygens (including phenoxy) is 2. The van der Waals surface area contributed by atoms with E-state index in [4.69, 9.17) is 15.2 Å². The van der Waals surface area contributed by atoms with E-state index in [9.17, 15) is 15.8 Å². The molecule has 29 heavy (non-hydrogen) atoms. The first kappa shape index (κ1) is 20.3. The summed E-state index contributed by atoms with van der Waals surface area (Å²) < 4.78 is 11.1. The lowest BCUT2D eigenvalue weighted by Crippen LogP contribution is -2.48. The summed E-state index contributed by atoms with van der Waals surface area (Å²) in [6.45, 7) is 4.17. The van der Waals surface area contributed by atoms with E-state index < -0.39 is 11.3 Å². The van der Waals surface area contributed by atoms with Crippen molar-refractivity contribution in [2.45, 2.75) is 12.8 Å². The lowest BCUT2D eigenvalue weighted by atomic mass is 9.58. The van der Waals surface area contributed by atoms with Crippen LogP contribution in [0.2, 0.25) is 0 Å². The Labute approximate surface area is 170 Å². The van der Waals surface area contributed by atoms with Crippen LogP contribution in [0.3, 0.4) is 0 Å². The maximum atomic E-state index is 10.2. The van der Waals surface area contributed by atoms with Gasteiger partial charge in [-0.05, 0) is 18.2 Å². The molecule has 0 bridgehead atoms. The SMILES string of the molecule is CCN1CC=C2C(C#N)=C(N)C(C#N)(C#N)[C@@H](c3cccc(OC)c3OC)[C@H]2C1. The highest BCUT2D eigenvalue weighted by atomic mass is 16.5. The number of para-hydroxylation sites is 1. The number of hydrogen-bond acceptors (Lipinski definition) is 7. The summed E-state index contributed by atoms with van der Waals surface area (Å²) in [5, 5.41) is 30.1. The van der Waals surface area contributed by atoms with Crippen LogP contribution in [0.1, 0.15) is 18.4 Å². The van der Waals surface area contributed by atoms with E-state index in [1.165, 1.54) is 14.2 Å². The molecule has 3 rings (SSSR count). The summed E-state index contributed by atoms with van der Waals surface area (Å²) >= 11 is 0. The zero-order valence-corrected chi connectivity index (χ0v) is 16.8. The molecule has 0 unspecified atom stereocenters. The van der Waals surface area contributed by atoms with Gasteiger partial charge < -0.3 is 15.2 Å². The summed E-state index contributed by atoms with van der Waals surface area (Å²) in [5.74, 6) is 0.111. The average molecular weight is 389 g/mol. The Morgan fingerprint density at radius 1 is 1.21 bits per heavy atom. The van der Waals surface area contributed by atoms with Gasteiger partial charge in [-0.1, -0.05) is 25.1 Å². The molecule has 1 aliphatic carbocycles. The Bertz CT molecular complexity index is 991. The van der Waals surface area contributed by atoms with E-state index in [-0.39, 0.29) is 17.2 Å². The van der Waals surface area contributed by atoms with Gasteiger partial charge in [0.2, 0.25) is 0 Å². The molecule has 148 valence electrons. The summed E-state index contributed by atoms with van der Waals surface area (Å²) in [7, 11) is 3.07. The Hall–Kier alpha value is -3.47. The minimum Gasteiger partial charge on any atom is -0.493 e. The minimum absolute atomic E-state index is 0.00678. The first-order chi connectivity index (χ1) is 14.0. The molecule has 0 radical (unpaired) electrons. The van der Waals surface area contributed by atoms with Crippen LogP contribution in [0.25, 0.3) is 0 Å². The third-order valence-corrected chi connectivity index (χ3v) is 5.96. The van der Waals surface area contributed by atoms with Crippen LogP contribution < -0.4 is 15.2 Å². The summed E-state index contributed by atoms with van der Waals surface area (Å²) in [5.41, 5.74) is 6.36. The highest BCUT2D eigenvalue weighted by molar-refractivity contribution is 5.62. The standard InChI is InChI=1S/C22H23N5O2/c1-4-27-9-8-14-16(10-23)21(26)22(12-24,13-25)19(17(14)11-27)15-6-5-7-18(28-2)20(15)29-3/h5-8,17,19H,4,9,11,26H2,1-3H3/t17-,19-/m0/s1. The molecular weight excluding hydrogens is 366 g/mol. The summed E-state index contributed by atoms with van der Waals surface area (Å²) in [6.07, 6.45) is 1.99. The van der Waals surface area contributed by atoms with Crippen molar-refractivity contribution >= 4 is 0 Å². The Morgan fingerprint density at radius 2 is 1.93 bits per heavy atom. The van der Waals surface area contributed by atoms with Crippen LogP contribution in [-0.4, -0.2) is 38.8 Å². The van der Waals surface area contributed by atoms with Crippen LogP contribution in [-0.2, 0) is 0 Å². The first-order valence-corrected chi connectivity index (χ1v) is 9.39. The monoisotopic (exact) mass is 389 g/mol. The van der Waals surface area contributed by atoms with Gasteiger partial charge in [0.25, 0.3) is 0 Å². The maximum absolute atomic E-state index is 10.2. The van der Waals surface area contributed by atoms with Gasteiger partial charge >= 0.3 is 0 Å². The topological polar surface area (TPSA) is 119 Å². The van der Waals surface area contributed by atoms with E-state index >= 15 is 0 Å². The number of nitrogens with zero attached hydrogens (tertiary/aromatic N) is 4. The second-order valence-electron chi connectivity index (χ2n) is 7.11. The fourth-order valence-electron chi connectivity index (χ4n) is 4.50. The molecular formula is C22H23N5O2. The Morgan fingerprint density at radius 3 is 2.48 bits per heavy atom. The molecule has 0 amide bonds. The van der Waals surface area contributed by atoms with Crippen LogP contribution in [0, 0.1) is 45.3 Å². The number of hydrogen-bond donors (Lipinski definition) is 1. The van der Waals surface area contributed by atoms with Gasteiger partial charge in [-0.25, -0.2) is 0 Å². The molecule has 0 aromatic heterocycles. The van der Waals surface area contributed by atoms with Crippen molar-refractivity contribution in [1.29, 1.82) is 15.8 Å². The van der Waals surface area contributed by atoms with Crippen molar-refractivity contribution in [3.63, 3.8) is 0 Å². The molecule has 0 saturated heterocycles. The number of methoxy groups -OCH3 is 2. The van der Waals surface area contributed by atoms with Gasteiger partial charge in [-0.2, -0.15) is 15.8 Å². The third kappa shape index (κ3) is 2.90. The summed E-state index contributed by atoms with van der Waals surface area (Å²) in [4.78, 5) is 2.21. The number of likely N-dealkylation sites (N-methyl/N-ethyl adjacent to an activating group) is 1. The smallest absolute Gasteiger partial charge is 0.191 e. The number of fused-ring (bicyclic) bond motifs is 1. The van der Waals surface area contributed by atoms with E-state index in [2.05, 4.69) is 30.0 Å². The molecule has 1 aromatic rings. The highest BCUT2D eigenvalue weighted by Gasteiger charge is 2.55. The minimum atomic E-state index is -1.69. The molecule has 1 aliphatic heterocycles. The summed E-state index contributed by atoms with van der Waals surface area (Å²) in [6, 6.07) is 11.8. The van der Waals surface area contributed by atoms with Crippen molar-refractivity contribution in [2.24, 2.45) is 17.1 Å². The van der Waals surface area contributed by atoms with Crippen LogP contribution >= 0.6 is 0 Å². The van der Waals surface area contributed by atoms with Crippen molar-refractivity contribution in [3.05, 3.63) is 46.7 Å². The Balaban J connectivity index is 2.38. The lowest BCUT2D eigenvalue weighted by molar-refractivity contribution is 0.211. The van der Waals surface area contributed by atoms with Crippen molar-refractivity contribution in [1.82, 2.24) is 4.90 Å². The predicted octanol–water partition coefficient (Wildman–Crippen LogP) is 2.45. The molecule has 7 heteroatoms. The zero-order chi connectivity index (χ0) is 21.2. The predicted molar refractivity (Wildman–Crippen MR) is 106 cm³/mol. The van der Waals surface area contributed by atoms with Gasteiger partial charge in [0.15, 0.2) is 16.9 Å². The molecule has 7 nitrogen and oxygen atoms in total. The fourth-order valence-corrected chi connectivity index (χ4v) is 4.50. The number of nitrogens with two attached hydrogens (primary N) is 1. The molecule has 0 spiro atoms. The number of rotatable bonds is 4. The zero-order valence-electron chi connectivity index (χ0n) is 16.8. The van der Waals surface area contributed by atoms with Crippen molar-refractivity contribution in [2.75, 3.05) is 33.9 Å². The molecule has 0 fully saturated rings. The van der Waals surface area contributed by atoms with Crippen LogP contribution in [0.4, 0.5) is 0 Å². The second kappa shape index (κ2) is 7.87. The van der Waals surface area contributed by atoms with Gasteiger partial charge in [-0.15, -0.1) is 0 Å². The lowest BCUT2D eigenvalue weighted by Gasteiger charge is -2.45. The third-order valence-electron chi connectivity index (χ3n) is 5.96. The largest absolute Gasteiger partial charge is 0.493 e. The molecule has 0 saturated carbocycles. The second-order valence-corrected chi connectivity index (χ2v) is 7.11. The van der Waals surface area contributed by atoms with Gasteiger partial charge in [0.1, 0.15) is 6.07 Å². The van der Waals surface area contributed by atoms with E-state index in [1.54, 1.807) is 12.1 Å². The van der Waals surface area contributed by atoms with E-state index in [0.29, 0.717) is 30.2 Å². The van der Waals surface area contributed by atoms with Gasteiger partial charge in [0.05, 0.1) is 37.6 Å². The molecule has 2 N–H and O–H groups in total. The molecule has 2 atom stereocenters. The van der Waals surface area contributed by atoms with Crippen molar-refractivity contribution < 1.29 is 9.47 Å². The highest BCUT2D eigenvalue weighted by Crippen LogP contribution is 2.56. The Kier molecular flexibility index (Phi) is 5.50. The molecule has 1 aromatic carbocycles. The number of nitriles is 3. The van der Waals surface area contributed by atoms with Gasteiger partial charge in [0, 0.05) is 30.5 Å². The molecule has 2 aliphatic rings. The first-order valence-electron chi connectivity index (χ1n) is 9.39. The fraction of sp³-hybridized carbons (Fsp3) is 0.409. The maximum Gasteiger partial charge on any atom is 0.191 e. The number of allylic oxidation sites excluding steroid dienone is 2. The van der Waals surface area contributed by atoms with Crippen LogP contribution in [0.15, 0.2) is 41.1 Å². The quantitative estimate of drug-likeness (QED) is 0.840.